The van der Waals surface area contributed by atoms with Crippen LogP contribution in [0.15, 0.2) is 24.5 Å². The Morgan fingerprint density at radius 1 is 1.37 bits per heavy atom. The number of nitrogens with zero attached hydrogens (tertiary/aromatic N) is 4. The molecule has 5 nitrogen and oxygen atoms in total. The van der Waals surface area contributed by atoms with Gasteiger partial charge in [0.15, 0.2) is 11.4 Å². The van der Waals surface area contributed by atoms with Crippen molar-refractivity contribution in [3.05, 3.63) is 46.5 Å². The quantitative estimate of drug-likeness (QED) is 0.859. The zero-order chi connectivity index (χ0) is 13.8. The standard InChI is InChI=1S/C13H9ClN4O/c1-19-13-3-2-10(14)4-9(13)7-18-8-17-11(5-15)12(18)6-16/h2-4,8H,7H2,1H3. The summed E-state index contributed by atoms with van der Waals surface area (Å²) in [5.41, 5.74) is 1.15. The topological polar surface area (TPSA) is 74.6 Å². The van der Waals surface area contributed by atoms with E-state index in [0.717, 1.165) is 5.56 Å². The first kappa shape index (κ1) is 12.9. The Hall–Kier alpha value is -2.50. The first-order valence-electron chi connectivity index (χ1n) is 5.37. The molecule has 0 bridgehead atoms. The molecule has 0 saturated carbocycles. The summed E-state index contributed by atoms with van der Waals surface area (Å²) in [5, 5.41) is 18.5. The molecule has 6 heteroatoms. The number of imidazole rings is 1. The smallest absolute Gasteiger partial charge is 0.176 e. The maximum absolute atomic E-state index is 9.06. The van der Waals surface area contributed by atoms with Crippen LogP contribution in [0.5, 0.6) is 5.75 Å². The van der Waals surface area contributed by atoms with E-state index in [2.05, 4.69) is 4.98 Å². The molecule has 0 spiro atoms. The van der Waals surface area contributed by atoms with Gasteiger partial charge in [-0.1, -0.05) is 11.6 Å². The fraction of sp³-hybridized carbons (Fsp3) is 0.154. The van der Waals surface area contributed by atoms with Crippen LogP contribution in [-0.4, -0.2) is 16.7 Å². The molecule has 0 N–H and O–H groups in total. The van der Waals surface area contributed by atoms with Gasteiger partial charge in [-0.2, -0.15) is 10.5 Å². The zero-order valence-corrected chi connectivity index (χ0v) is 10.8. The lowest BCUT2D eigenvalue weighted by molar-refractivity contribution is 0.408. The van der Waals surface area contributed by atoms with Crippen LogP contribution in [0.4, 0.5) is 0 Å². The predicted molar refractivity (Wildman–Crippen MR) is 68.8 cm³/mol. The van der Waals surface area contributed by atoms with E-state index in [9.17, 15) is 0 Å². The van der Waals surface area contributed by atoms with Gasteiger partial charge in [-0.25, -0.2) is 4.98 Å². The van der Waals surface area contributed by atoms with E-state index in [0.29, 0.717) is 17.3 Å². The van der Waals surface area contributed by atoms with E-state index in [-0.39, 0.29) is 11.4 Å². The molecule has 1 heterocycles. The summed E-state index contributed by atoms with van der Waals surface area (Å²) in [5.74, 6) is 0.667. The number of halogens is 1. The van der Waals surface area contributed by atoms with Crippen molar-refractivity contribution in [2.45, 2.75) is 6.54 Å². The molecule has 19 heavy (non-hydrogen) atoms. The summed E-state index contributed by atoms with van der Waals surface area (Å²) in [4.78, 5) is 3.89. The predicted octanol–water partition coefficient (Wildman–Crippen LogP) is 2.34. The largest absolute Gasteiger partial charge is 0.496 e. The first-order valence-corrected chi connectivity index (χ1v) is 5.75. The van der Waals surface area contributed by atoms with Crippen LogP contribution in [0.1, 0.15) is 17.0 Å². The summed E-state index contributed by atoms with van der Waals surface area (Å²) in [6.07, 6.45) is 1.46. The molecule has 0 aliphatic carbocycles. The van der Waals surface area contributed by atoms with Gasteiger partial charge < -0.3 is 9.30 Å². The third kappa shape index (κ3) is 2.52. The van der Waals surface area contributed by atoms with Crippen molar-refractivity contribution < 1.29 is 4.74 Å². The lowest BCUT2D eigenvalue weighted by Gasteiger charge is -2.10. The second-order valence-corrected chi connectivity index (χ2v) is 4.19. The number of rotatable bonds is 3. The Morgan fingerprint density at radius 3 is 2.79 bits per heavy atom. The first-order chi connectivity index (χ1) is 9.19. The fourth-order valence-corrected chi connectivity index (χ4v) is 1.95. The van der Waals surface area contributed by atoms with Gasteiger partial charge in [0.05, 0.1) is 20.0 Å². The van der Waals surface area contributed by atoms with Gasteiger partial charge in [-0.15, -0.1) is 0 Å². The van der Waals surface area contributed by atoms with Crippen molar-refractivity contribution in [1.82, 2.24) is 9.55 Å². The zero-order valence-electron chi connectivity index (χ0n) is 10.1. The van der Waals surface area contributed by atoms with Crippen LogP contribution < -0.4 is 4.74 Å². The number of nitriles is 2. The van der Waals surface area contributed by atoms with Crippen molar-refractivity contribution in [3.63, 3.8) is 0 Å². The van der Waals surface area contributed by atoms with Gasteiger partial charge in [0.25, 0.3) is 0 Å². The summed E-state index contributed by atoms with van der Waals surface area (Å²) in [6, 6.07) is 9.09. The number of methoxy groups -OCH3 is 1. The lowest BCUT2D eigenvalue weighted by Crippen LogP contribution is -2.03. The second kappa shape index (κ2) is 5.43. The molecule has 0 aliphatic heterocycles. The highest BCUT2D eigenvalue weighted by molar-refractivity contribution is 6.30. The Kier molecular flexibility index (Phi) is 3.70. The van der Waals surface area contributed by atoms with Gasteiger partial charge in [-0.3, -0.25) is 0 Å². The maximum Gasteiger partial charge on any atom is 0.176 e. The SMILES string of the molecule is COc1ccc(Cl)cc1Cn1cnc(C#N)c1C#N. The van der Waals surface area contributed by atoms with Crippen molar-refractivity contribution in [1.29, 1.82) is 10.5 Å². The van der Waals surface area contributed by atoms with Crippen LogP contribution in [0, 0.1) is 22.7 Å². The van der Waals surface area contributed by atoms with Gasteiger partial charge >= 0.3 is 0 Å². The normalized spacial score (nSPS) is 9.68. The highest BCUT2D eigenvalue weighted by Crippen LogP contribution is 2.24. The molecular formula is C13H9ClN4O. The van der Waals surface area contributed by atoms with Gasteiger partial charge in [-0.05, 0) is 18.2 Å². The van der Waals surface area contributed by atoms with Crippen LogP contribution in [0.3, 0.4) is 0 Å². The van der Waals surface area contributed by atoms with Crippen LogP contribution in [-0.2, 0) is 6.54 Å². The van der Waals surface area contributed by atoms with Crippen LogP contribution >= 0.6 is 11.6 Å². The minimum absolute atomic E-state index is 0.114. The van der Waals surface area contributed by atoms with Crippen molar-refractivity contribution in [2.75, 3.05) is 7.11 Å². The molecule has 0 amide bonds. The Labute approximate surface area is 115 Å². The number of ether oxygens (including phenoxy) is 1. The molecule has 0 aliphatic rings. The van der Waals surface area contributed by atoms with Gasteiger partial charge in [0.2, 0.25) is 0 Å². The van der Waals surface area contributed by atoms with Crippen molar-refractivity contribution in [2.24, 2.45) is 0 Å². The van der Waals surface area contributed by atoms with E-state index in [1.165, 1.54) is 6.33 Å². The maximum atomic E-state index is 9.06. The third-order valence-corrected chi connectivity index (χ3v) is 2.87. The molecule has 94 valence electrons. The van der Waals surface area contributed by atoms with Gasteiger partial charge in [0, 0.05) is 10.6 Å². The van der Waals surface area contributed by atoms with E-state index in [4.69, 9.17) is 26.9 Å². The molecule has 0 unspecified atom stereocenters. The van der Waals surface area contributed by atoms with Gasteiger partial charge in [0.1, 0.15) is 17.9 Å². The number of hydrogen-bond donors (Lipinski definition) is 0. The number of aromatic nitrogens is 2. The lowest BCUT2D eigenvalue weighted by atomic mass is 10.2. The Balaban J connectivity index is 2.42. The molecule has 1 aromatic carbocycles. The molecule has 1 aromatic heterocycles. The van der Waals surface area contributed by atoms with E-state index >= 15 is 0 Å². The minimum Gasteiger partial charge on any atom is -0.496 e. The monoisotopic (exact) mass is 272 g/mol. The highest BCUT2D eigenvalue weighted by Gasteiger charge is 2.12. The molecular weight excluding hydrogens is 264 g/mol. The molecule has 2 rings (SSSR count). The third-order valence-electron chi connectivity index (χ3n) is 2.63. The summed E-state index contributed by atoms with van der Waals surface area (Å²) in [7, 11) is 1.56. The van der Waals surface area contributed by atoms with E-state index in [1.54, 1.807) is 29.9 Å². The van der Waals surface area contributed by atoms with Crippen molar-refractivity contribution in [3.8, 4) is 17.9 Å². The Bertz CT molecular complexity index is 694. The molecule has 0 radical (unpaired) electrons. The number of hydrogen-bond acceptors (Lipinski definition) is 4. The number of benzene rings is 1. The highest BCUT2D eigenvalue weighted by atomic mass is 35.5. The molecule has 0 atom stereocenters. The average Bonchev–Trinajstić information content (AvgIpc) is 2.81. The molecule has 0 fully saturated rings. The Morgan fingerprint density at radius 2 is 2.16 bits per heavy atom. The average molecular weight is 273 g/mol. The van der Waals surface area contributed by atoms with Crippen molar-refractivity contribution >= 4 is 11.6 Å². The second-order valence-electron chi connectivity index (χ2n) is 3.75. The van der Waals surface area contributed by atoms with Crippen LogP contribution in [0.25, 0.3) is 0 Å². The summed E-state index contributed by atoms with van der Waals surface area (Å²) in [6.45, 7) is 0.362. The van der Waals surface area contributed by atoms with E-state index < -0.39 is 0 Å². The van der Waals surface area contributed by atoms with Crippen LogP contribution in [0.2, 0.25) is 5.02 Å². The molecule has 0 saturated heterocycles. The fourth-order valence-electron chi connectivity index (χ4n) is 1.76. The minimum atomic E-state index is 0.114. The molecule has 2 aromatic rings. The summed E-state index contributed by atoms with van der Waals surface area (Å²) < 4.78 is 6.83. The summed E-state index contributed by atoms with van der Waals surface area (Å²) >= 11 is 5.95. The van der Waals surface area contributed by atoms with E-state index in [1.807, 2.05) is 12.1 Å².